The lowest BCUT2D eigenvalue weighted by molar-refractivity contribution is 0.206. The van der Waals surface area contributed by atoms with Gasteiger partial charge < -0.3 is 10.2 Å². The van der Waals surface area contributed by atoms with Gasteiger partial charge in [-0.3, -0.25) is 0 Å². The summed E-state index contributed by atoms with van der Waals surface area (Å²) in [5, 5.41) is 2.55. The topological polar surface area (TPSA) is 32.3 Å². The first-order valence-corrected chi connectivity index (χ1v) is 8.55. The van der Waals surface area contributed by atoms with Crippen molar-refractivity contribution in [2.75, 3.05) is 5.32 Å². The second-order valence-electron chi connectivity index (χ2n) is 6.81. The number of amides is 2. The molecule has 0 bridgehead atoms. The highest BCUT2D eigenvalue weighted by Gasteiger charge is 2.33. The van der Waals surface area contributed by atoms with Crippen LogP contribution in [0.3, 0.4) is 0 Å². The third-order valence-electron chi connectivity index (χ3n) is 4.42. The Morgan fingerprint density at radius 3 is 2.40 bits per heavy atom. The van der Waals surface area contributed by atoms with Crippen molar-refractivity contribution in [3.05, 3.63) is 65.2 Å². The van der Waals surface area contributed by atoms with Crippen LogP contribution in [0.5, 0.6) is 0 Å². The van der Waals surface area contributed by atoms with Gasteiger partial charge in [0, 0.05) is 18.7 Å². The quantitative estimate of drug-likeness (QED) is 0.786. The Bertz CT molecular complexity index is 755. The molecule has 0 saturated heterocycles. The summed E-state index contributed by atoms with van der Waals surface area (Å²) >= 11 is 0. The predicted octanol–water partition coefficient (Wildman–Crippen LogP) is 5.28. The van der Waals surface area contributed by atoms with Gasteiger partial charge in [-0.15, -0.1) is 0 Å². The van der Waals surface area contributed by atoms with E-state index in [1.54, 1.807) is 4.90 Å². The summed E-state index contributed by atoms with van der Waals surface area (Å²) in [7, 11) is 0. The Hall–Kier alpha value is -2.43. The molecule has 1 aliphatic carbocycles. The molecular formula is C20H22F2N2O. The van der Waals surface area contributed by atoms with Crippen LogP contribution < -0.4 is 5.32 Å². The molecule has 25 heavy (non-hydrogen) atoms. The number of carbonyl (C=O) groups is 1. The number of rotatable bonds is 5. The zero-order chi connectivity index (χ0) is 18.0. The van der Waals surface area contributed by atoms with E-state index in [2.05, 4.69) is 31.3 Å². The van der Waals surface area contributed by atoms with E-state index in [-0.39, 0.29) is 17.8 Å². The monoisotopic (exact) mass is 344 g/mol. The van der Waals surface area contributed by atoms with Gasteiger partial charge in [0.1, 0.15) is 11.6 Å². The van der Waals surface area contributed by atoms with Gasteiger partial charge in [-0.1, -0.05) is 38.1 Å². The Morgan fingerprint density at radius 1 is 1.16 bits per heavy atom. The van der Waals surface area contributed by atoms with Gasteiger partial charge in [-0.05, 0) is 42.0 Å². The molecule has 1 saturated carbocycles. The highest BCUT2D eigenvalue weighted by Crippen LogP contribution is 2.29. The smallest absolute Gasteiger partial charge is 0.317 e. The van der Waals surface area contributed by atoms with Crippen LogP contribution in [0.25, 0.3) is 0 Å². The standard InChI is InChI=1S/C20H22F2N2O/c1-13(2)15-5-3-14(4-6-15)12-24(17-8-9-17)20(25)23-19-10-7-16(21)11-18(19)22/h3-7,10-11,13,17H,8-9,12H2,1-2H3,(H,23,25). The Morgan fingerprint density at radius 2 is 1.84 bits per heavy atom. The van der Waals surface area contributed by atoms with Gasteiger partial charge in [0.05, 0.1) is 5.69 Å². The Labute approximate surface area is 146 Å². The number of benzene rings is 2. The second kappa shape index (κ2) is 7.21. The number of hydrogen-bond donors (Lipinski definition) is 1. The number of hydrogen-bond acceptors (Lipinski definition) is 1. The molecular weight excluding hydrogens is 322 g/mol. The van der Waals surface area contributed by atoms with Crippen LogP contribution in [-0.4, -0.2) is 17.0 Å². The zero-order valence-electron chi connectivity index (χ0n) is 14.4. The summed E-state index contributed by atoms with van der Waals surface area (Å²) in [6.07, 6.45) is 1.90. The van der Waals surface area contributed by atoms with Gasteiger partial charge in [-0.2, -0.15) is 0 Å². The van der Waals surface area contributed by atoms with Gasteiger partial charge in [0.15, 0.2) is 0 Å². The van der Waals surface area contributed by atoms with E-state index >= 15 is 0 Å². The molecule has 0 aliphatic heterocycles. The number of anilines is 1. The minimum Gasteiger partial charge on any atom is -0.317 e. The minimum atomic E-state index is -0.773. The zero-order valence-corrected chi connectivity index (χ0v) is 14.4. The molecule has 2 aromatic rings. The van der Waals surface area contributed by atoms with Gasteiger partial charge >= 0.3 is 6.03 Å². The lowest BCUT2D eigenvalue weighted by Crippen LogP contribution is -2.36. The summed E-state index contributed by atoms with van der Waals surface area (Å²) < 4.78 is 26.8. The van der Waals surface area contributed by atoms with E-state index in [9.17, 15) is 13.6 Å². The van der Waals surface area contributed by atoms with Crippen molar-refractivity contribution in [3.8, 4) is 0 Å². The van der Waals surface area contributed by atoms with Crippen molar-refractivity contribution in [3.63, 3.8) is 0 Å². The summed E-state index contributed by atoms with van der Waals surface area (Å²) in [6, 6.07) is 11.1. The van der Waals surface area contributed by atoms with Crippen molar-refractivity contribution < 1.29 is 13.6 Å². The highest BCUT2D eigenvalue weighted by molar-refractivity contribution is 5.89. The molecule has 0 atom stereocenters. The Kier molecular flexibility index (Phi) is 5.02. The van der Waals surface area contributed by atoms with Crippen molar-refractivity contribution >= 4 is 11.7 Å². The maximum Gasteiger partial charge on any atom is 0.322 e. The fourth-order valence-corrected chi connectivity index (χ4v) is 2.74. The summed E-state index contributed by atoms with van der Waals surface area (Å²) in [5.41, 5.74) is 2.28. The van der Waals surface area contributed by atoms with Crippen LogP contribution in [0.2, 0.25) is 0 Å². The first-order valence-electron chi connectivity index (χ1n) is 8.55. The van der Waals surface area contributed by atoms with Crippen LogP contribution in [0.1, 0.15) is 43.7 Å². The highest BCUT2D eigenvalue weighted by atomic mass is 19.1. The molecule has 3 rings (SSSR count). The summed E-state index contributed by atoms with van der Waals surface area (Å²) in [4.78, 5) is 14.3. The van der Waals surface area contributed by atoms with Crippen LogP contribution in [0.4, 0.5) is 19.3 Å². The van der Waals surface area contributed by atoms with E-state index in [0.29, 0.717) is 12.5 Å². The van der Waals surface area contributed by atoms with E-state index in [0.717, 1.165) is 30.5 Å². The number of carbonyl (C=O) groups excluding carboxylic acids is 1. The lowest BCUT2D eigenvalue weighted by Gasteiger charge is -2.23. The van der Waals surface area contributed by atoms with Crippen molar-refractivity contribution in [2.24, 2.45) is 0 Å². The van der Waals surface area contributed by atoms with Crippen molar-refractivity contribution in [1.82, 2.24) is 4.90 Å². The third kappa shape index (κ3) is 4.35. The molecule has 2 aromatic carbocycles. The van der Waals surface area contributed by atoms with E-state index in [4.69, 9.17) is 0 Å². The lowest BCUT2D eigenvalue weighted by atomic mass is 10.0. The first kappa shape index (κ1) is 17.4. The average molecular weight is 344 g/mol. The number of halogens is 2. The molecule has 1 fully saturated rings. The van der Waals surface area contributed by atoms with Crippen LogP contribution in [0, 0.1) is 11.6 Å². The van der Waals surface area contributed by atoms with Crippen molar-refractivity contribution in [1.29, 1.82) is 0 Å². The SMILES string of the molecule is CC(C)c1ccc(CN(C(=O)Nc2ccc(F)cc2F)C2CC2)cc1. The summed E-state index contributed by atoms with van der Waals surface area (Å²) in [6.45, 7) is 4.74. The van der Waals surface area contributed by atoms with Gasteiger partial charge in [-0.25, -0.2) is 13.6 Å². The molecule has 2 amide bonds. The van der Waals surface area contributed by atoms with E-state index in [1.165, 1.54) is 11.6 Å². The average Bonchev–Trinajstić information content (AvgIpc) is 3.40. The van der Waals surface area contributed by atoms with E-state index in [1.807, 2.05) is 12.1 Å². The fraction of sp³-hybridized carbons (Fsp3) is 0.350. The molecule has 0 unspecified atom stereocenters. The Balaban J connectivity index is 1.71. The van der Waals surface area contributed by atoms with Crippen LogP contribution >= 0.6 is 0 Å². The minimum absolute atomic E-state index is 0.00722. The van der Waals surface area contributed by atoms with Crippen LogP contribution in [-0.2, 0) is 6.54 Å². The first-order chi connectivity index (χ1) is 11.9. The third-order valence-corrected chi connectivity index (χ3v) is 4.42. The molecule has 3 nitrogen and oxygen atoms in total. The molecule has 1 N–H and O–H groups in total. The molecule has 5 heteroatoms. The molecule has 1 aliphatic rings. The number of nitrogens with zero attached hydrogens (tertiary/aromatic N) is 1. The normalized spacial score (nSPS) is 13.8. The maximum absolute atomic E-state index is 13.8. The number of nitrogens with one attached hydrogen (secondary N) is 1. The second-order valence-corrected chi connectivity index (χ2v) is 6.81. The van der Waals surface area contributed by atoms with E-state index < -0.39 is 11.6 Å². The molecule has 0 radical (unpaired) electrons. The number of urea groups is 1. The van der Waals surface area contributed by atoms with Crippen molar-refractivity contribution in [2.45, 2.75) is 45.2 Å². The maximum atomic E-state index is 13.8. The molecule has 0 aromatic heterocycles. The molecule has 132 valence electrons. The molecule has 0 heterocycles. The predicted molar refractivity (Wildman–Crippen MR) is 94.5 cm³/mol. The van der Waals surface area contributed by atoms with Gasteiger partial charge in [0.2, 0.25) is 0 Å². The van der Waals surface area contributed by atoms with Gasteiger partial charge in [0.25, 0.3) is 0 Å². The largest absolute Gasteiger partial charge is 0.322 e. The summed E-state index contributed by atoms with van der Waals surface area (Å²) in [5.74, 6) is -0.983. The van der Waals surface area contributed by atoms with Crippen LogP contribution in [0.15, 0.2) is 42.5 Å². The molecule has 0 spiro atoms. The fourth-order valence-electron chi connectivity index (χ4n) is 2.74.